The molecule has 2 aliphatic rings. The molecule has 4 aromatic carbocycles. The van der Waals surface area contributed by atoms with Crippen molar-refractivity contribution in [2.75, 3.05) is 25.6 Å². The number of hydrogen-bond acceptors (Lipinski definition) is 7. The summed E-state index contributed by atoms with van der Waals surface area (Å²) in [6.07, 6.45) is 0.434. The Morgan fingerprint density at radius 2 is 1.52 bits per heavy atom. The number of alkyl carbamates (subject to hydrolysis) is 1. The topological polar surface area (TPSA) is 119 Å². The van der Waals surface area contributed by atoms with E-state index in [0.29, 0.717) is 38.1 Å². The fraction of sp³-hybridized carbons (Fsp3) is 0.333. The Labute approximate surface area is 305 Å². The number of ether oxygens (including phenoxy) is 3. The normalized spacial score (nSPS) is 17.5. The van der Waals surface area contributed by atoms with E-state index in [9.17, 15) is 14.4 Å². The van der Waals surface area contributed by atoms with Gasteiger partial charge in [0.05, 0.1) is 38.1 Å². The zero-order valence-electron chi connectivity index (χ0n) is 30.1. The lowest BCUT2D eigenvalue weighted by Crippen LogP contribution is -2.56. The van der Waals surface area contributed by atoms with Crippen LogP contribution in [0.5, 0.6) is 0 Å². The molecule has 0 aromatic heterocycles. The van der Waals surface area contributed by atoms with Crippen LogP contribution in [0, 0.1) is 0 Å². The van der Waals surface area contributed by atoms with Gasteiger partial charge in [0.1, 0.15) is 11.6 Å². The number of methoxy groups -OCH3 is 1. The molecular formula is C42H46N4O6. The first-order valence-electron chi connectivity index (χ1n) is 17.7. The quantitative estimate of drug-likeness (QED) is 0.177. The summed E-state index contributed by atoms with van der Waals surface area (Å²) < 4.78 is 17.2. The summed E-state index contributed by atoms with van der Waals surface area (Å²) in [5.74, 6) is -0.880. The number of nitrogens with zero attached hydrogens (tertiary/aromatic N) is 2. The molecule has 0 unspecified atom stereocenters. The third-order valence-electron chi connectivity index (χ3n) is 9.31. The molecule has 0 aliphatic carbocycles. The molecule has 1 saturated heterocycles. The summed E-state index contributed by atoms with van der Waals surface area (Å²) in [6.45, 7) is 6.22. The second-order valence-electron chi connectivity index (χ2n) is 14.1. The lowest BCUT2D eigenvalue weighted by Gasteiger charge is -2.40. The van der Waals surface area contributed by atoms with E-state index in [0.717, 1.165) is 33.7 Å². The van der Waals surface area contributed by atoms with Gasteiger partial charge in [0.2, 0.25) is 5.91 Å². The van der Waals surface area contributed by atoms with E-state index >= 15 is 0 Å². The van der Waals surface area contributed by atoms with Crippen LogP contribution >= 0.6 is 0 Å². The molecule has 2 aliphatic heterocycles. The lowest BCUT2D eigenvalue weighted by atomic mass is 9.84. The lowest BCUT2D eigenvalue weighted by molar-refractivity contribution is -0.118. The molecule has 3 atom stereocenters. The van der Waals surface area contributed by atoms with Crippen LogP contribution in [0.3, 0.4) is 0 Å². The maximum atomic E-state index is 14.2. The number of aryl methyl sites for hydroxylation is 1. The van der Waals surface area contributed by atoms with Crippen molar-refractivity contribution in [3.05, 3.63) is 131 Å². The fourth-order valence-electron chi connectivity index (χ4n) is 6.81. The van der Waals surface area contributed by atoms with Gasteiger partial charge in [-0.1, -0.05) is 97.1 Å². The number of rotatable bonds is 10. The Balaban J connectivity index is 1.19. The van der Waals surface area contributed by atoms with Crippen LogP contribution < -0.4 is 10.6 Å². The molecule has 270 valence electrons. The zero-order valence-corrected chi connectivity index (χ0v) is 30.1. The number of para-hydroxylation sites is 2. The van der Waals surface area contributed by atoms with Gasteiger partial charge in [0.25, 0.3) is 0 Å². The number of morpholine rings is 1. The number of aliphatic imine (C=N–C) groups is 1. The van der Waals surface area contributed by atoms with Gasteiger partial charge in [-0.25, -0.2) is 9.59 Å². The molecule has 1 fully saturated rings. The SMILES string of the molecule is COC(=O)N[C@H](C(=O)Nc1ccccc1CC[C@@H]1CN(C(=O)OC(C)(C)C)[C@H](C2=Nc3ccccc3C2)CO1)C(c1ccccc1)c1ccccc1. The second-order valence-corrected chi connectivity index (χ2v) is 14.1. The number of hydrogen-bond donors (Lipinski definition) is 2. The summed E-state index contributed by atoms with van der Waals surface area (Å²) >= 11 is 0. The predicted molar refractivity (Wildman–Crippen MR) is 201 cm³/mol. The maximum absolute atomic E-state index is 14.2. The summed E-state index contributed by atoms with van der Waals surface area (Å²) in [5, 5.41) is 5.90. The summed E-state index contributed by atoms with van der Waals surface area (Å²) in [6, 6.07) is 33.5. The number of carbonyl (C=O) groups is 3. The molecule has 10 heteroatoms. The standard InChI is InChI=1S/C42H46N4O6/c1-42(2,3)52-41(49)46-26-32(51-27-36(46)35-25-31-20-12-14-22-34(31)43-35)24-23-28-15-11-13-21-33(28)44-39(47)38(45-40(48)50-4)37(29-16-7-5-8-17-29)30-18-9-6-10-19-30/h5-22,32,36-38H,23-27H2,1-4H3,(H,44,47)(H,45,48)/t32-,36+,38+/m1/s1. The van der Waals surface area contributed by atoms with Crippen molar-refractivity contribution >= 4 is 35.2 Å². The first kappa shape index (κ1) is 36.3. The minimum atomic E-state index is -0.990. The number of benzene rings is 4. The molecule has 6 rings (SSSR count). The average Bonchev–Trinajstić information content (AvgIpc) is 3.58. The van der Waals surface area contributed by atoms with Crippen LogP contribution in [0.2, 0.25) is 0 Å². The first-order chi connectivity index (χ1) is 25.1. The first-order valence-corrected chi connectivity index (χ1v) is 17.7. The van der Waals surface area contributed by atoms with Crippen LogP contribution in [-0.2, 0) is 31.8 Å². The highest BCUT2D eigenvalue weighted by Gasteiger charge is 2.39. The maximum Gasteiger partial charge on any atom is 0.411 e. The third kappa shape index (κ3) is 8.87. The Morgan fingerprint density at radius 3 is 2.17 bits per heavy atom. The highest BCUT2D eigenvalue weighted by Crippen LogP contribution is 2.32. The molecule has 52 heavy (non-hydrogen) atoms. The van der Waals surface area contributed by atoms with Crippen molar-refractivity contribution in [1.82, 2.24) is 10.2 Å². The van der Waals surface area contributed by atoms with Crippen LogP contribution in [0.25, 0.3) is 0 Å². The van der Waals surface area contributed by atoms with Crippen LogP contribution in [-0.4, -0.2) is 72.8 Å². The number of anilines is 1. The summed E-state index contributed by atoms with van der Waals surface area (Å²) in [4.78, 5) is 47.0. The Bertz CT molecular complexity index is 1850. The summed E-state index contributed by atoms with van der Waals surface area (Å²) in [7, 11) is 1.28. The highest BCUT2D eigenvalue weighted by molar-refractivity contribution is 6.00. The second kappa shape index (κ2) is 16.2. The molecule has 0 radical (unpaired) electrons. The van der Waals surface area contributed by atoms with E-state index in [1.54, 1.807) is 4.90 Å². The van der Waals surface area contributed by atoms with Crippen LogP contribution in [0.4, 0.5) is 21.0 Å². The van der Waals surface area contributed by atoms with Gasteiger partial charge in [0, 0.05) is 23.7 Å². The molecule has 0 saturated carbocycles. The van der Waals surface area contributed by atoms with Gasteiger partial charge >= 0.3 is 12.2 Å². The zero-order chi connectivity index (χ0) is 36.7. The van der Waals surface area contributed by atoms with E-state index in [4.69, 9.17) is 19.2 Å². The van der Waals surface area contributed by atoms with Crippen molar-refractivity contribution in [3.8, 4) is 0 Å². The van der Waals surface area contributed by atoms with Crippen molar-refractivity contribution in [1.29, 1.82) is 0 Å². The Hall–Kier alpha value is -5.48. The van der Waals surface area contributed by atoms with Crippen molar-refractivity contribution in [2.24, 2.45) is 4.99 Å². The predicted octanol–water partition coefficient (Wildman–Crippen LogP) is 7.45. The van der Waals surface area contributed by atoms with Gasteiger partial charge in [-0.2, -0.15) is 0 Å². The molecule has 10 nitrogen and oxygen atoms in total. The molecule has 4 aromatic rings. The van der Waals surface area contributed by atoms with E-state index in [2.05, 4.69) is 16.7 Å². The molecular weight excluding hydrogens is 656 g/mol. The third-order valence-corrected chi connectivity index (χ3v) is 9.31. The molecule has 0 bridgehead atoms. The highest BCUT2D eigenvalue weighted by atomic mass is 16.6. The fourth-order valence-corrected chi connectivity index (χ4v) is 6.81. The molecule has 2 heterocycles. The minimum absolute atomic E-state index is 0.272. The number of nitrogens with one attached hydrogen (secondary N) is 2. The van der Waals surface area contributed by atoms with Gasteiger partial charge < -0.3 is 24.8 Å². The van der Waals surface area contributed by atoms with E-state index in [1.165, 1.54) is 7.11 Å². The Morgan fingerprint density at radius 1 is 0.885 bits per heavy atom. The van der Waals surface area contributed by atoms with Crippen molar-refractivity contribution in [2.45, 2.75) is 69.7 Å². The monoisotopic (exact) mass is 702 g/mol. The van der Waals surface area contributed by atoms with Crippen molar-refractivity contribution < 1.29 is 28.6 Å². The molecule has 3 amide bonds. The number of carbonyl (C=O) groups excluding carboxylic acids is 3. The van der Waals surface area contributed by atoms with Crippen LogP contribution in [0.15, 0.2) is 114 Å². The number of amides is 3. The van der Waals surface area contributed by atoms with Gasteiger partial charge in [0.15, 0.2) is 0 Å². The average molecular weight is 703 g/mol. The summed E-state index contributed by atoms with van der Waals surface area (Å²) in [5.41, 5.74) is 5.54. The largest absolute Gasteiger partial charge is 0.453 e. The van der Waals surface area contributed by atoms with Crippen LogP contribution in [0.1, 0.15) is 55.4 Å². The van der Waals surface area contributed by atoms with Gasteiger partial charge in [-0.15, -0.1) is 0 Å². The van der Waals surface area contributed by atoms with E-state index in [1.807, 2.05) is 124 Å². The smallest absolute Gasteiger partial charge is 0.411 e. The van der Waals surface area contributed by atoms with E-state index < -0.39 is 29.7 Å². The number of fused-ring (bicyclic) bond motifs is 1. The molecule has 0 spiro atoms. The molecule has 2 N–H and O–H groups in total. The minimum Gasteiger partial charge on any atom is -0.453 e. The van der Waals surface area contributed by atoms with Gasteiger partial charge in [-0.3, -0.25) is 14.7 Å². The Kier molecular flexibility index (Phi) is 11.3. The van der Waals surface area contributed by atoms with Crippen molar-refractivity contribution in [3.63, 3.8) is 0 Å². The van der Waals surface area contributed by atoms with Gasteiger partial charge in [-0.05, 0) is 68.0 Å². The van der Waals surface area contributed by atoms with E-state index in [-0.39, 0.29) is 18.1 Å².